The molecule has 17 heavy (non-hydrogen) atoms. The van der Waals surface area contributed by atoms with E-state index in [1.165, 1.54) is 6.39 Å². The zero-order valence-corrected chi connectivity index (χ0v) is 9.30. The maximum atomic E-state index is 11.7. The Hall–Kier alpha value is -2.30. The summed E-state index contributed by atoms with van der Waals surface area (Å²) in [6, 6.07) is 6.70. The van der Waals surface area contributed by atoms with Crippen LogP contribution in [0.15, 0.2) is 35.1 Å². The number of hydrogen-bond donors (Lipinski definition) is 2. The van der Waals surface area contributed by atoms with Crippen LogP contribution in [0.3, 0.4) is 0 Å². The number of rotatable bonds is 3. The molecule has 0 radical (unpaired) electrons. The van der Waals surface area contributed by atoms with Crippen molar-refractivity contribution >= 4 is 5.91 Å². The lowest BCUT2D eigenvalue weighted by Crippen LogP contribution is -2.22. The number of carbonyl (C=O) groups is 1. The molecule has 0 fully saturated rings. The van der Waals surface area contributed by atoms with E-state index in [4.69, 9.17) is 4.42 Å². The van der Waals surface area contributed by atoms with Crippen molar-refractivity contribution < 1.29 is 14.3 Å². The Morgan fingerprint density at radius 1 is 1.53 bits per heavy atom. The molecule has 88 valence electrons. The lowest BCUT2D eigenvalue weighted by Gasteiger charge is -2.04. The number of hydrogen-bond acceptors (Lipinski definition) is 4. The van der Waals surface area contributed by atoms with Gasteiger partial charge in [-0.15, -0.1) is 0 Å². The van der Waals surface area contributed by atoms with Crippen LogP contribution in [0, 0.1) is 6.92 Å². The highest BCUT2D eigenvalue weighted by atomic mass is 16.3. The molecule has 0 atom stereocenters. The fourth-order valence-corrected chi connectivity index (χ4v) is 1.45. The van der Waals surface area contributed by atoms with Gasteiger partial charge >= 0.3 is 0 Å². The van der Waals surface area contributed by atoms with Gasteiger partial charge in [0.1, 0.15) is 5.75 Å². The Bertz CT molecular complexity index is 534. The van der Waals surface area contributed by atoms with Gasteiger partial charge in [0, 0.05) is 6.54 Å². The van der Waals surface area contributed by atoms with Gasteiger partial charge in [-0.3, -0.25) is 4.79 Å². The summed E-state index contributed by atoms with van der Waals surface area (Å²) in [5.74, 6) is 0.0705. The van der Waals surface area contributed by atoms with E-state index in [2.05, 4.69) is 10.3 Å². The summed E-state index contributed by atoms with van der Waals surface area (Å²) >= 11 is 0. The zero-order chi connectivity index (χ0) is 12.3. The summed E-state index contributed by atoms with van der Waals surface area (Å²) in [6.07, 6.45) is 1.23. The Balaban J connectivity index is 1.99. The maximum Gasteiger partial charge on any atom is 0.289 e. The van der Waals surface area contributed by atoms with Crippen LogP contribution >= 0.6 is 0 Å². The minimum Gasteiger partial charge on any atom is -0.508 e. The largest absolute Gasteiger partial charge is 0.508 e. The van der Waals surface area contributed by atoms with Gasteiger partial charge in [0.15, 0.2) is 6.39 Å². The highest BCUT2D eigenvalue weighted by Crippen LogP contribution is 2.11. The predicted molar refractivity (Wildman–Crippen MR) is 60.5 cm³/mol. The van der Waals surface area contributed by atoms with Gasteiger partial charge in [0.25, 0.3) is 5.91 Å². The summed E-state index contributed by atoms with van der Waals surface area (Å²) in [4.78, 5) is 15.5. The van der Waals surface area contributed by atoms with Gasteiger partial charge in [-0.1, -0.05) is 12.1 Å². The first-order valence-corrected chi connectivity index (χ1v) is 5.13. The van der Waals surface area contributed by atoms with Crippen molar-refractivity contribution in [1.82, 2.24) is 10.3 Å². The molecule has 1 aromatic carbocycles. The molecule has 0 unspecified atom stereocenters. The standard InChI is InChI=1S/C12H12N2O3/c1-8-11(17-7-14-8)12(16)13-6-9-3-2-4-10(15)5-9/h2-5,7,15H,6H2,1H3,(H,13,16). The van der Waals surface area contributed by atoms with E-state index >= 15 is 0 Å². The third-order valence-corrected chi connectivity index (χ3v) is 2.32. The van der Waals surface area contributed by atoms with Crippen LogP contribution in [-0.2, 0) is 6.54 Å². The smallest absolute Gasteiger partial charge is 0.289 e. The molecule has 5 heteroatoms. The van der Waals surface area contributed by atoms with Crippen molar-refractivity contribution in [3.63, 3.8) is 0 Å². The van der Waals surface area contributed by atoms with Crippen molar-refractivity contribution in [2.24, 2.45) is 0 Å². The molecule has 0 saturated heterocycles. The quantitative estimate of drug-likeness (QED) is 0.843. The van der Waals surface area contributed by atoms with E-state index in [9.17, 15) is 9.90 Å². The molecule has 0 aliphatic rings. The molecule has 0 saturated carbocycles. The van der Waals surface area contributed by atoms with Crippen molar-refractivity contribution in [2.75, 3.05) is 0 Å². The summed E-state index contributed by atoms with van der Waals surface area (Å²) < 4.78 is 4.97. The summed E-state index contributed by atoms with van der Waals surface area (Å²) in [5, 5.41) is 12.0. The van der Waals surface area contributed by atoms with Crippen LogP contribution in [0.2, 0.25) is 0 Å². The van der Waals surface area contributed by atoms with E-state index < -0.39 is 0 Å². The highest BCUT2D eigenvalue weighted by molar-refractivity contribution is 5.92. The topological polar surface area (TPSA) is 75.4 Å². The molecule has 0 bridgehead atoms. The van der Waals surface area contributed by atoms with Crippen LogP contribution in [0.1, 0.15) is 21.8 Å². The minimum atomic E-state index is -0.316. The van der Waals surface area contributed by atoms with Gasteiger partial charge in [-0.05, 0) is 24.6 Å². The third-order valence-electron chi connectivity index (χ3n) is 2.32. The first-order valence-electron chi connectivity index (χ1n) is 5.13. The van der Waals surface area contributed by atoms with Gasteiger partial charge in [0.05, 0.1) is 5.69 Å². The minimum absolute atomic E-state index is 0.174. The normalized spacial score (nSPS) is 10.2. The number of carbonyl (C=O) groups excluding carboxylic acids is 1. The van der Waals surface area contributed by atoms with Crippen molar-refractivity contribution in [1.29, 1.82) is 0 Å². The third kappa shape index (κ3) is 2.63. The summed E-state index contributed by atoms with van der Waals surface area (Å²) in [6.45, 7) is 2.03. The number of nitrogens with zero attached hydrogens (tertiary/aromatic N) is 1. The molecule has 0 aliphatic heterocycles. The first-order chi connectivity index (χ1) is 8.16. The Morgan fingerprint density at radius 2 is 2.35 bits per heavy atom. The monoisotopic (exact) mass is 232 g/mol. The zero-order valence-electron chi connectivity index (χ0n) is 9.30. The SMILES string of the molecule is Cc1ncoc1C(=O)NCc1cccc(O)c1. The number of nitrogens with one attached hydrogen (secondary N) is 1. The van der Waals surface area contributed by atoms with Crippen molar-refractivity contribution in [3.8, 4) is 5.75 Å². The number of benzene rings is 1. The van der Waals surface area contributed by atoms with Crippen LogP contribution in [0.4, 0.5) is 0 Å². The Kier molecular flexibility index (Phi) is 3.09. The molecule has 0 aliphatic carbocycles. The lowest BCUT2D eigenvalue weighted by atomic mass is 10.2. The second-order valence-corrected chi connectivity index (χ2v) is 3.62. The molecule has 2 N–H and O–H groups in total. The van der Waals surface area contributed by atoms with Gasteiger partial charge < -0.3 is 14.8 Å². The number of aryl methyl sites for hydroxylation is 1. The second kappa shape index (κ2) is 4.69. The number of phenolic OH excluding ortho intramolecular Hbond substituents is 1. The summed E-state index contributed by atoms with van der Waals surface area (Å²) in [5.41, 5.74) is 1.37. The summed E-state index contributed by atoms with van der Waals surface area (Å²) in [7, 11) is 0. The first kappa shape index (κ1) is 11.2. The molecule has 1 amide bonds. The fraction of sp³-hybridized carbons (Fsp3) is 0.167. The van der Waals surface area contributed by atoms with Gasteiger partial charge in [-0.25, -0.2) is 4.98 Å². The molecule has 2 aromatic rings. The van der Waals surface area contributed by atoms with E-state index in [0.29, 0.717) is 12.2 Å². The van der Waals surface area contributed by atoms with E-state index in [1.54, 1.807) is 25.1 Å². The van der Waals surface area contributed by atoms with Gasteiger partial charge in [0.2, 0.25) is 5.76 Å². The molecule has 1 heterocycles. The van der Waals surface area contributed by atoms with E-state index in [0.717, 1.165) is 5.56 Å². The molecule has 1 aromatic heterocycles. The molecule has 2 rings (SSSR count). The maximum absolute atomic E-state index is 11.7. The van der Waals surface area contributed by atoms with Crippen LogP contribution < -0.4 is 5.32 Å². The average Bonchev–Trinajstić information content (AvgIpc) is 2.72. The Labute approximate surface area is 98.1 Å². The van der Waals surface area contributed by atoms with Crippen molar-refractivity contribution in [3.05, 3.63) is 47.7 Å². The lowest BCUT2D eigenvalue weighted by molar-refractivity contribution is 0.0922. The molecule has 0 spiro atoms. The molecular formula is C12H12N2O3. The molecular weight excluding hydrogens is 220 g/mol. The number of aromatic hydroxyl groups is 1. The van der Waals surface area contributed by atoms with Gasteiger partial charge in [-0.2, -0.15) is 0 Å². The van der Waals surface area contributed by atoms with E-state index in [-0.39, 0.29) is 17.4 Å². The second-order valence-electron chi connectivity index (χ2n) is 3.62. The number of phenols is 1. The van der Waals surface area contributed by atoms with Crippen LogP contribution in [0.5, 0.6) is 5.75 Å². The fourth-order valence-electron chi connectivity index (χ4n) is 1.45. The Morgan fingerprint density at radius 3 is 3.00 bits per heavy atom. The van der Waals surface area contributed by atoms with Crippen LogP contribution in [0.25, 0.3) is 0 Å². The van der Waals surface area contributed by atoms with Crippen LogP contribution in [-0.4, -0.2) is 16.0 Å². The molecule has 5 nitrogen and oxygen atoms in total. The number of aromatic nitrogens is 1. The van der Waals surface area contributed by atoms with Crippen molar-refractivity contribution in [2.45, 2.75) is 13.5 Å². The average molecular weight is 232 g/mol. The highest BCUT2D eigenvalue weighted by Gasteiger charge is 2.13. The van der Waals surface area contributed by atoms with E-state index in [1.807, 2.05) is 6.07 Å². The number of oxazole rings is 1. The number of amides is 1. The predicted octanol–water partition coefficient (Wildman–Crippen LogP) is 1.62.